The van der Waals surface area contributed by atoms with Crippen LogP contribution >= 0.6 is 24.0 Å². The van der Waals surface area contributed by atoms with Crippen LogP contribution in [0.2, 0.25) is 0 Å². The molecule has 0 unspecified atom stereocenters. The first-order valence-electron chi connectivity index (χ1n) is 5.33. The van der Waals surface area contributed by atoms with Crippen LogP contribution in [-0.2, 0) is 4.79 Å². The second-order valence-electron chi connectivity index (χ2n) is 3.67. The van der Waals surface area contributed by atoms with E-state index in [4.69, 9.17) is 18.0 Å². The molecule has 0 saturated carbocycles. The van der Waals surface area contributed by atoms with Crippen molar-refractivity contribution in [1.29, 1.82) is 0 Å². The van der Waals surface area contributed by atoms with Gasteiger partial charge in [0.15, 0.2) is 0 Å². The topological polar surface area (TPSA) is 46.3 Å². The number of thiocarbonyl (C=S) groups is 1. The van der Waals surface area contributed by atoms with Gasteiger partial charge >= 0.3 is 0 Å². The molecule has 2 rings (SSSR count). The summed E-state index contributed by atoms with van der Waals surface area (Å²) in [5.74, 6) is -0.442. The summed E-state index contributed by atoms with van der Waals surface area (Å²) in [4.78, 5) is 14.0. The zero-order valence-corrected chi connectivity index (χ0v) is 11.1. The zero-order valence-electron chi connectivity index (χ0n) is 9.43. The van der Waals surface area contributed by atoms with Gasteiger partial charge in [-0.1, -0.05) is 36.1 Å². The molecule has 1 heterocycles. The molecule has 6 heteroatoms. The van der Waals surface area contributed by atoms with Crippen LogP contribution in [0, 0.1) is 5.82 Å². The molecule has 0 atom stereocenters. The molecule has 1 aromatic carbocycles. The molecule has 0 spiro atoms. The molecule has 94 valence electrons. The normalized spacial score (nSPS) is 17.9. The number of halogens is 1. The number of benzene rings is 1. The summed E-state index contributed by atoms with van der Waals surface area (Å²) in [7, 11) is 0. The molecule has 1 amide bonds. The van der Waals surface area contributed by atoms with Crippen LogP contribution in [0.1, 0.15) is 5.56 Å². The third-order valence-corrected chi connectivity index (χ3v) is 3.77. The van der Waals surface area contributed by atoms with E-state index in [2.05, 4.69) is 0 Å². The lowest BCUT2D eigenvalue weighted by atomic mass is 10.2. The number of amides is 1. The monoisotopic (exact) mass is 282 g/mol. The highest BCUT2D eigenvalue weighted by molar-refractivity contribution is 8.26. The van der Waals surface area contributed by atoms with E-state index in [1.54, 1.807) is 18.2 Å². The molecule has 3 nitrogen and oxygen atoms in total. The number of carbonyl (C=O) groups excluding carboxylic acids is 1. The number of rotatable bonds is 3. The van der Waals surface area contributed by atoms with Gasteiger partial charge in [0.05, 0.1) is 4.91 Å². The smallest absolute Gasteiger partial charge is 0.266 e. The number of hydrogen-bond acceptors (Lipinski definition) is 4. The van der Waals surface area contributed by atoms with Gasteiger partial charge in [-0.15, -0.1) is 0 Å². The van der Waals surface area contributed by atoms with E-state index < -0.39 is 0 Å². The quantitative estimate of drug-likeness (QED) is 0.680. The van der Waals surface area contributed by atoms with Gasteiger partial charge in [0, 0.05) is 13.1 Å². The number of carbonyl (C=O) groups is 1. The van der Waals surface area contributed by atoms with Gasteiger partial charge in [-0.25, -0.2) is 4.39 Å². The first kappa shape index (κ1) is 13.2. The first-order valence-corrected chi connectivity index (χ1v) is 6.55. The number of thioether (sulfide) groups is 1. The minimum Gasteiger partial charge on any atom is -0.329 e. The summed E-state index contributed by atoms with van der Waals surface area (Å²) < 4.78 is 13.3. The van der Waals surface area contributed by atoms with E-state index in [0.717, 1.165) is 5.56 Å². The van der Waals surface area contributed by atoms with Crippen LogP contribution in [0.25, 0.3) is 6.08 Å². The second-order valence-corrected chi connectivity index (χ2v) is 5.35. The lowest BCUT2D eigenvalue weighted by Crippen LogP contribution is -2.32. The Morgan fingerprint density at radius 3 is 2.67 bits per heavy atom. The van der Waals surface area contributed by atoms with E-state index in [-0.39, 0.29) is 11.7 Å². The summed E-state index contributed by atoms with van der Waals surface area (Å²) >= 11 is 6.35. The maximum Gasteiger partial charge on any atom is 0.266 e. The Bertz CT molecular complexity index is 513. The van der Waals surface area contributed by atoms with Crippen LogP contribution in [-0.4, -0.2) is 28.2 Å². The SMILES string of the molecule is NCCN1C(=O)/C(=C\c2ccc(F)cc2)SC1=S. The van der Waals surface area contributed by atoms with Gasteiger partial charge in [0.25, 0.3) is 5.91 Å². The molecule has 2 N–H and O–H groups in total. The van der Waals surface area contributed by atoms with Crippen molar-refractivity contribution in [3.8, 4) is 0 Å². The number of hydrogen-bond donors (Lipinski definition) is 1. The van der Waals surface area contributed by atoms with Gasteiger partial charge in [0.2, 0.25) is 0 Å². The fourth-order valence-corrected chi connectivity index (χ4v) is 2.84. The maximum absolute atomic E-state index is 12.8. The van der Waals surface area contributed by atoms with E-state index in [9.17, 15) is 9.18 Å². The molecule has 0 aromatic heterocycles. The number of nitrogens with zero attached hydrogens (tertiary/aromatic N) is 1. The van der Waals surface area contributed by atoms with Crippen molar-refractivity contribution in [2.45, 2.75) is 0 Å². The summed E-state index contributed by atoms with van der Waals surface area (Å²) in [6.07, 6.45) is 1.70. The zero-order chi connectivity index (χ0) is 13.1. The standard InChI is InChI=1S/C12H11FN2OS2/c13-9-3-1-8(2-4-9)7-10-11(16)15(6-5-14)12(17)18-10/h1-4,7H,5-6,14H2/b10-7+. The predicted molar refractivity (Wildman–Crippen MR) is 75.3 cm³/mol. The minimum atomic E-state index is -0.303. The molecule has 1 aromatic rings. The molecule has 18 heavy (non-hydrogen) atoms. The lowest BCUT2D eigenvalue weighted by Gasteiger charge is -2.11. The molecule has 1 aliphatic rings. The molecule has 1 fully saturated rings. The van der Waals surface area contributed by atoms with Gasteiger partial charge in [-0.2, -0.15) is 0 Å². The van der Waals surface area contributed by atoms with Crippen molar-refractivity contribution in [1.82, 2.24) is 4.90 Å². The molecular formula is C12H11FN2OS2. The molecule has 0 radical (unpaired) electrons. The molecule has 1 aliphatic heterocycles. The van der Waals surface area contributed by atoms with Gasteiger partial charge in [-0.3, -0.25) is 9.69 Å². The van der Waals surface area contributed by atoms with Gasteiger partial charge in [0.1, 0.15) is 10.1 Å². The molecule has 0 bridgehead atoms. The van der Waals surface area contributed by atoms with Crippen LogP contribution in [0.15, 0.2) is 29.2 Å². The van der Waals surface area contributed by atoms with Crippen molar-refractivity contribution in [3.63, 3.8) is 0 Å². The van der Waals surface area contributed by atoms with Crippen LogP contribution in [0.3, 0.4) is 0 Å². The van der Waals surface area contributed by atoms with Crippen LogP contribution in [0.4, 0.5) is 4.39 Å². The van der Waals surface area contributed by atoms with Crippen molar-refractivity contribution in [3.05, 3.63) is 40.6 Å². The molecular weight excluding hydrogens is 271 g/mol. The summed E-state index contributed by atoms with van der Waals surface area (Å²) in [6, 6.07) is 5.94. The Kier molecular flexibility index (Phi) is 4.11. The highest BCUT2D eigenvalue weighted by Gasteiger charge is 2.31. The van der Waals surface area contributed by atoms with Gasteiger partial charge in [-0.05, 0) is 23.8 Å². The third kappa shape index (κ3) is 2.77. The third-order valence-electron chi connectivity index (χ3n) is 2.39. The first-order chi connectivity index (χ1) is 8.61. The molecule has 0 aliphatic carbocycles. The second kappa shape index (κ2) is 5.60. The number of nitrogens with two attached hydrogens (primary N) is 1. The fraction of sp³-hybridized carbons (Fsp3) is 0.167. The minimum absolute atomic E-state index is 0.139. The summed E-state index contributed by atoms with van der Waals surface area (Å²) in [5.41, 5.74) is 6.19. The fourth-order valence-electron chi connectivity index (χ4n) is 1.53. The van der Waals surface area contributed by atoms with E-state index in [1.807, 2.05) is 0 Å². The Morgan fingerprint density at radius 1 is 1.39 bits per heavy atom. The summed E-state index contributed by atoms with van der Waals surface area (Å²) in [6.45, 7) is 0.793. The average Bonchev–Trinajstić information content (AvgIpc) is 2.60. The van der Waals surface area contributed by atoms with E-state index in [0.29, 0.717) is 22.3 Å². The predicted octanol–water partition coefficient (Wildman–Crippen LogP) is 1.99. The Labute approximate surface area is 114 Å². The van der Waals surface area contributed by atoms with E-state index >= 15 is 0 Å². The Balaban J connectivity index is 2.22. The largest absolute Gasteiger partial charge is 0.329 e. The average molecular weight is 282 g/mol. The Hall–Kier alpha value is -1.24. The Morgan fingerprint density at radius 2 is 2.06 bits per heavy atom. The van der Waals surface area contributed by atoms with Crippen molar-refractivity contribution >= 4 is 40.3 Å². The van der Waals surface area contributed by atoms with Gasteiger partial charge < -0.3 is 5.73 Å². The summed E-state index contributed by atoms with van der Waals surface area (Å²) in [5, 5.41) is 0. The lowest BCUT2D eigenvalue weighted by molar-refractivity contribution is -0.122. The van der Waals surface area contributed by atoms with E-state index in [1.165, 1.54) is 28.8 Å². The van der Waals surface area contributed by atoms with Crippen molar-refractivity contribution in [2.24, 2.45) is 5.73 Å². The van der Waals surface area contributed by atoms with Crippen molar-refractivity contribution < 1.29 is 9.18 Å². The van der Waals surface area contributed by atoms with Crippen LogP contribution < -0.4 is 5.73 Å². The van der Waals surface area contributed by atoms with Crippen LogP contribution in [0.5, 0.6) is 0 Å². The van der Waals surface area contributed by atoms with Crippen molar-refractivity contribution in [2.75, 3.05) is 13.1 Å². The highest BCUT2D eigenvalue weighted by Crippen LogP contribution is 2.32. The highest BCUT2D eigenvalue weighted by atomic mass is 32.2. The maximum atomic E-state index is 12.8. The molecule has 1 saturated heterocycles.